The molecule has 2 saturated heterocycles. The fourth-order valence-electron chi connectivity index (χ4n) is 4.78. The van der Waals surface area contributed by atoms with E-state index in [4.69, 9.17) is 14.6 Å². The second kappa shape index (κ2) is 7.33. The van der Waals surface area contributed by atoms with E-state index in [9.17, 15) is 4.79 Å². The lowest BCUT2D eigenvalue weighted by Gasteiger charge is -2.33. The molecular formula is C22H27N3O3. The molecule has 0 unspecified atom stereocenters. The predicted molar refractivity (Wildman–Crippen MR) is 105 cm³/mol. The highest BCUT2D eigenvalue weighted by molar-refractivity contribution is 5.94. The Morgan fingerprint density at radius 2 is 1.86 bits per heavy atom. The summed E-state index contributed by atoms with van der Waals surface area (Å²) in [5.74, 6) is 0.471. The maximum atomic E-state index is 13.3. The van der Waals surface area contributed by atoms with Crippen molar-refractivity contribution in [3.05, 3.63) is 46.8 Å². The molecular weight excluding hydrogens is 354 g/mol. The minimum atomic E-state index is -0.0817. The van der Waals surface area contributed by atoms with E-state index in [0.29, 0.717) is 24.8 Å². The highest BCUT2D eigenvalue weighted by Gasteiger charge is 2.35. The third-order valence-electron chi connectivity index (χ3n) is 6.34. The molecule has 0 saturated carbocycles. The van der Waals surface area contributed by atoms with Crippen molar-refractivity contribution in [1.29, 1.82) is 0 Å². The summed E-state index contributed by atoms with van der Waals surface area (Å²) in [6.45, 7) is 4.97. The number of ether oxygens (including phenoxy) is 2. The van der Waals surface area contributed by atoms with Crippen molar-refractivity contribution in [3.63, 3.8) is 0 Å². The first-order valence-corrected chi connectivity index (χ1v) is 10.4. The molecule has 0 spiro atoms. The molecule has 6 heteroatoms. The van der Waals surface area contributed by atoms with Gasteiger partial charge in [-0.2, -0.15) is 5.10 Å². The summed E-state index contributed by atoms with van der Waals surface area (Å²) in [6.07, 6.45) is 4.80. The number of likely N-dealkylation sites (tertiary alicyclic amines) is 1. The molecule has 1 aromatic carbocycles. The van der Waals surface area contributed by atoms with Crippen LogP contribution in [0.4, 0.5) is 0 Å². The van der Waals surface area contributed by atoms with E-state index < -0.39 is 0 Å². The molecule has 1 aliphatic carbocycles. The van der Waals surface area contributed by atoms with E-state index in [-0.39, 0.29) is 12.2 Å². The maximum Gasteiger partial charge on any atom is 0.274 e. The summed E-state index contributed by atoms with van der Waals surface area (Å²) >= 11 is 0. The Labute approximate surface area is 165 Å². The second-order valence-corrected chi connectivity index (χ2v) is 8.07. The molecule has 5 rings (SSSR count). The summed E-state index contributed by atoms with van der Waals surface area (Å²) in [5.41, 5.74) is 5.27. The molecule has 2 aromatic rings. The zero-order valence-corrected chi connectivity index (χ0v) is 16.4. The number of aryl methyl sites for hydroxylation is 1. The fraction of sp³-hybridized carbons (Fsp3) is 0.545. The van der Waals surface area contributed by atoms with Gasteiger partial charge in [0.05, 0.1) is 18.9 Å². The third kappa shape index (κ3) is 3.05. The van der Waals surface area contributed by atoms with Gasteiger partial charge in [-0.1, -0.05) is 18.2 Å². The van der Waals surface area contributed by atoms with Crippen molar-refractivity contribution >= 4 is 5.91 Å². The number of carbonyl (C=O) groups is 1. The first kappa shape index (κ1) is 17.9. The van der Waals surface area contributed by atoms with Crippen LogP contribution < -0.4 is 0 Å². The van der Waals surface area contributed by atoms with Crippen molar-refractivity contribution in [2.75, 3.05) is 26.3 Å². The number of carbonyl (C=O) groups excluding carboxylic acids is 1. The number of para-hydroxylation sites is 1. The maximum absolute atomic E-state index is 13.3. The largest absolute Gasteiger partial charge is 0.350 e. The molecule has 2 aliphatic heterocycles. The van der Waals surface area contributed by atoms with Gasteiger partial charge in [-0.15, -0.1) is 0 Å². The number of piperidine rings is 1. The molecule has 6 nitrogen and oxygen atoms in total. The summed E-state index contributed by atoms with van der Waals surface area (Å²) in [7, 11) is 0. The average Bonchev–Trinajstić information content (AvgIpc) is 3.46. The van der Waals surface area contributed by atoms with Crippen molar-refractivity contribution in [3.8, 4) is 5.69 Å². The van der Waals surface area contributed by atoms with Crippen LogP contribution in [-0.4, -0.2) is 53.2 Å². The standard InChI is InChI=1S/C22H27N3O3/c1-15-5-2-3-7-18(15)25-19-8-4-6-17(19)20(23-25)21(26)24-11-9-16(10-12-24)22-27-13-14-28-22/h2-3,5,7,16,22H,4,6,8-14H2,1H3. The lowest BCUT2D eigenvalue weighted by Crippen LogP contribution is -2.41. The lowest BCUT2D eigenvalue weighted by molar-refractivity contribution is -0.0956. The number of fused-ring (bicyclic) bond motifs is 1. The molecule has 2 fully saturated rings. The monoisotopic (exact) mass is 381 g/mol. The average molecular weight is 381 g/mol. The van der Waals surface area contributed by atoms with Gasteiger partial charge in [-0.3, -0.25) is 4.79 Å². The summed E-state index contributed by atoms with van der Waals surface area (Å²) in [4.78, 5) is 15.3. The van der Waals surface area contributed by atoms with E-state index in [1.165, 1.54) is 11.3 Å². The fourth-order valence-corrected chi connectivity index (χ4v) is 4.78. The van der Waals surface area contributed by atoms with Crippen LogP contribution >= 0.6 is 0 Å². The molecule has 28 heavy (non-hydrogen) atoms. The first-order chi connectivity index (χ1) is 13.7. The van der Waals surface area contributed by atoms with Gasteiger partial charge in [-0.25, -0.2) is 4.68 Å². The minimum Gasteiger partial charge on any atom is -0.350 e. The van der Waals surface area contributed by atoms with Gasteiger partial charge in [0.25, 0.3) is 5.91 Å². The Morgan fingerprint density at radius 3 is 2.61 bits per heavy atom. The number of aromatic nitrogens is 2. The van der Waals surface area contributed by atoms with E-state index in [1.54, 1.807) is 0 Å². The van der Waals surface area contributed by atoms with Crippen molar-refractivity contribution in [2.45, 2.75) is 45.3 Å². The van der Waals surface area contributed by atoms with E-state index >= 15 is 0 Å². The van der Waals surface area contributed by atoms with Crippen LogP contribution in [0.5, 0.6) is 0 Å². The lowest BCUT2D eigenvalue weighted by atomic mass is 9.96. The zero-order chi connectivity index (χ0) is 19.1. The van der Waals surface area contributed by atoms with Crippen LogP contribution in [0, 0.1) is 12.8 Å². The van der Waals surface area contributed by atoms with E-state index in [0.717, 1.165) is 56.4 Å². The van der Waals surface area contributed by atoms with Gasteiger partial charge in [0.2, 0.25) is 0 Å². The highest BCUT2D eigenvalue weighted by atomic mass is 16.7. The van der Waals surface area contributed by atoms with Crippen molar-refractivity contribution < 1.29 is 14.3 Å². The third-order valence-corrected chi connectivity index (χ3v) is 6.34. The normalized spacial score (nSPS) is 20.7. The molecule has 0 N–H and O–H groups in total. The number of hydrogen-bond donors (Lipinski definition) is 0. The van der Waals surface area contributed by atoms with E-state index in [2.05, 4.69) is 19.1 Å². The summed E-state index contributed by atoms with van der Waals surface area (Å²) in [6, 6.07) is 8.25. The molecule has 0 radical (unpaired) electrons. The molecule has 3 aliphatic rings. The Morgan fingerprint density at radius 1 is 1.11 bits per heavy atom. The van der Waals surface area contributed by atoms with Crippen LogP contribution in [0.15, 0.2) is 24.3 Å². The van der Waals surface area contributed by atoms with Crippen molar-refractivity contribution in [2.24, 2.45) is 5.92 Å². The highest BCUT2D eigenvalue weighted by Crippen LogP contribution is 2.31. The smallest absolute Gasteiger partial charge is 0.274 e. The number of nitrogens with zero attached hydrogens (tertiary/aromatic N) is 3. The van der Waals surface area contributed by atoms with Gasteiger partial charge in [0.15, 0.2) is 12.0 Å². The number of amides is 1. The Hall–Kier alpha value is -2.18. The predicted octanol–water partition coefficient (Wildman–Crippen LogP) is 2.89. The molecule has 3 heterocycles. The Bertz CT molecular complexity index is 877. The first-order valence-electron chi connectivity index (χ1n) is 10.4. The van der Waals surface area contributed by atoms with Gasteiger partial charge in [-0.05, 0) is 50.7 Å². The van der Waals surface area contributed by atoms with Crippen LogP contribution in [0.1, 0.15) is 46.6 Å². The Balaban J connectivity index is 1.37. The van der Waals surface area contributed by atoms with Crippen molar-refractivity contribution in [1.82, 2.24) is 14.7 Å². The molecule has 148 valence electrons. The number of hydrogen-bond acceptors (Lipinski definition) is 4. The van der Waals surface area contributed by atoms with Crippen LogP contribution in [-0.2, 0) is 22.3 Å². The van der Waals surface area contributed by atoms with Gasteiger partial charge < -0.3 is 14.4 Å². The van der Waals surface area contributed by atoms with Gasteiger partial charge in [0, 0.05) is 30.3 Å². The molecule has 1 aromatic heterocycles. The van der Waals surface area contributed by atoms with Crippen LogP contribution in [0.25, 0.3) is 5.69 Å². The zero-order valence-electron chi connectivity index (χ0n) is 16.4. The summed E-state index contributed by atoms with van der Waals surface area (Å²) < 4.78 is 13.3. The molecule has 1 amide bonds. The second-order valence-electron chi connectivity index (χ2n) is 8.07. The molecule has 0 atom stereocenters. The van der Waals surface area contributed by atoms with Gasteiger partial charge >= 0.3 is 0 Å². The van der Waals surface area contributed by atoms with E-state index in [1.807, 2.05) is 21.7 Å². The Kier molecular flexibility index (Phi) is 4.69. The van der Waals surface area contributed by atoms with Crippen LogP contribution in [0.2, 0.25) is 0 Å². The topological polar surface area (TPSA) is 56.6 Å². The number of benzene rings is 1. The minimum absolute atomic E-state index is 0.0807. The molecule has 0 bridgehead atoms. The quantitative estimate of drug-likeness (QED) is 0.820. The van der Waals surface area contributed by atoms with Crippen LogP contribution in [0.3, 0.4) is 0 Å². The number of rotatable bonds is 3. The van der Waals surface area contributed by atoms with Gasteiger partial charge in [0.1, 0.15) is 0 Å². The SMILES string of the molecule is Cc1ccccc1-n1nc(C(=O)N2CCC(C3OCCO3)CC2)c2c1CCC2. The summed E-state index contributed by atoms with van der Waals surface area (Å²) in [5, 5.41) is 4.81.